The fourth-order valence-corrected chi connectivity index (χ4v) is 4.41. The highest BCUT2D eigenvalue weighted by Gasteiger charge is 2.40. The number of hydrogen-bond donors (Lipinski definition) is 1. The number of carbonyl (C=O) groups excluding carboxylic acids is 1. The summed E-state index contributed by atoms with van der Waals surface area (Å²) >= 11 is 0. The number of hydrogen-bond acceptors (Lipinski definition) is 3. The Balaban J connectivity index is 1.71. The van der Waals surface area contributed by atoms with Gasteiger partial charge in [-0.2, -0.15) is 0 Å². The molecule has 2 bridgehead atoms. The van der Waals surface area contributed by atoms with Crippen LogP contribution < -0.4 is 0 Å². The number of phenolic OH excluding ortho intramolecular Hbond substituents is 1. The molecule has 1 N–H and O–H groups in total. The van der Waals surface area contributed by atoms with Gasteiger partial charge in [-0.1, -0.05) is 65.8 Å². The molecule has 1 fully saturated rings. The van der Waals surface area contributed by atoms with Gasteiger partial charge in [-0.3, -0.25) is 4.79 Å². The molecular formula is C24H34O3. The SMILES string of the molecule is CC(C)(C)c1cc(CCOC(=O)C2CC3C=CC2C3)cc(C(C)(C)C)c1O. The lowest BCUT2D eigenvalue weighted by molar-refractivity contribution is -0.149. The number of allylic oxidation sites excluding steroid dienone is 2. The number of esters is 1. The molecule has 3 rings (SSSR count). The third-order valence-electron chi connectivity index (χ3n) is 6.00. The maximum absolute atomic E-state index is 12.4. The zero-order valence-electron chi connectivity index (χ0n) is 17.6. The highest BCUT2D eigenvalue weighted by atomic mass is 16.5. The van der Waals surface area contributed by atoms with E-state index >= 15 is 0 Å². The van der Waals surface area contributed by atoms with Crippen LogP contribution in [0.5, 0.6) is 5.75 Å². The topological polar surface area (TPSA) is 46.5 Å². The first kappa shape index (κ1) is 20.0. The second-order valence-corrected chi connectivity index (χ2v) is 10.3. The van der Waals surface area contributed by atoms with E-state index in [1.807, 2.05) is 0 Å². The molecule has 0 aliphatic heterocycles. The third kappa shape index (κ3) is 4.23. The molecule has 148 valence electrons. The van der Waals surface area contributed by atoms with Crippen LogP contribution >= 0.6 is 0 Å². The monoisotopic (exact) mass is 370 g/mol. The fraction of sp³-hybridized carbons (Fsp3) is 0.625. The molecule has 1 aromatic rings. The molecular weight excluding hydrogens is 336 g/mol. The first-order valence-electron chi connectivity index (χ1n) is 10.2. The van der Waals surface area contributed by atoms with Gasteiger partial charge in [-0.05, 0) is 52.2 Å². The van der Waals surface area contributed by atoms with E-state index in [2.05, 4.69) is 65.8 Å². The van der Waals surface area contributed by atoms with Crippen LogP contribution in [0.4, 0.5) is 0 Å². The lowest BCUT2D eigenvalue weighted by Gasteiger charge is -2.28. The van der Waals surface area contributed by atoms with Crippen molar-refractivity contribution in [2.75, 3.05) is 6.61 Å². The summed E-state index contributed by atoms with van der Waals surface area (Å²) in [4.78, 5) is 12.4. The number of fused-ring (bicyclic) bond motifs is 2. The van der Waals surface area contributed by atoms with Gasteiger partial charge in [0.1, 0.15) is 5.75 Å². The number of benzene rings is 1. The maximum Gasteiger partial charge on any atom is 0.309 e. The van der Waals surface area contributed by atoms with Crippen molar-refractivity contribution in [3.63, 3.8) is 0 Å². The van der Waals surface area contributed by atoms with Crippen LogP contribution in [0.2, 0.25) is 0 Å². The van der Waals surface area contributed by atoms with E-state index in [4.69, 9.17) is 4.74 Å². The van der Waals surface area contributed by atoms with Crippen LogP contribution in [0, 0.1) is 17.8 Å². The molecule has 0 amide bonds. The summed E-state index contributed by atoms with van der Waals surface area (Å²) in [6.07, 6.45) is 7.16. The van der Waals surface area contributed by atoms with E-state index in [0.717, 1.165) is 29.5 Å². The Morgan fingerprint density at radius 3 is 2.07 bits per heavy atom. The molecule has 0 heterocycles. The minimum absolute atomic E-state index is 0.0438. The van der Waals surface area contributed by atoms with E-state index in [1.54, 1.807) is 0 Å². The number of carbonyl (C=O) groups is 1. The van der Waals surface area contributed by atoms with Gasteiger partial charge >= 0.3 is 5.97 Å². The molecule has 3 heteroatoms. The number of ether oxygens (including phenoxy) is 1. The molecule has 1 aromatic carbocycles. The largest absolute Gasteiger partial charge is 0.507 e. The summed E-state index contributed by atoms with van der Waals surface area (Å²) in [5.74, 6) is 1.36. The third-order valence-corrected chi connectivity index (χ3v) is 6.00. The lowest BCUT2D eigenvalue weighted by atomic mass is 9.78. The minimum Gasteiger partial charge on any atom is -0.507 e. The molecule has 27 heavy (non-hydrogen) atoms. The second kappa shape index (κ2) is 7.00. The summed E-state index contributed by atoms with van der Waals surface area (Å²) in [6, 6.07) is 4.14. The fourth-order valence-electron chi connectivity index (χ4n) is 4.41. The normalized spacial score (nSPS) is 24.4. The van der Waals surface area contributed by atoms with Gasteiger partial charge in [0.2, 0.25) is 0 Å². The molecule has 1 saturated carbocycles. The van der Waals surface area contributed by atoms with Gasteiger partial charge in [0, 0.05) is 6.42 Å². The Morgan fingerprint density at radius 1 is 1.04 bits per heavy atom. The number of rotatable bonds is 4. The molecule has 2 aliphatic rings. The van der Waals surface area contributed by atoms with Crippen molar-refractivity contribution in [2.45, 2.75) is 71.6 Å². The Morgan fingerprint density at radius 2 is 1.63 bits per heavy atom. The van der Waals surface area contributed by atoms with Gasteiger partial charge in [-0.25, -0.2) is 0 Å². The molecule has 0 saturated heterocycles. The smallest absolute Gasteiger partial charge is 0.309 e. The van der Waals surface area contributed by atoms with Crippen LogP contribution in [0.1, 0.15) is 71.1 Å². The minimum atomic E-state index is -0.147. The van der Waals surface area contributed by atoms with Crippen LogP contribution in [-0.2, 0) is 26.8 Å². The number of aromatic hydroxyl groups is 1. The molecule has 3 unspecified atom stereocenters. The van der Waals surface area contributed by atoms with E-state index in [-0.39, 0.29) is 22.7 Å². The van der Waals surface area contributed by atoms with Crippen LogP contribution in [-0.4, -0.2) is 17.7 Å². The molecule has 0 spiro atoms. The summed E-state index contributed by atoms with van der Waals surface area (Å²) < 4.78 is 5.63. The Hall–Kier alpha value is -1.77. The quantitative estimate of drug-likeness (QED) is 0.579. The number of phenols is 1. The van der Waals surface area contributed by atoms with Crippen molar-refractivity contribution < 1.29 is 14.6 Å². The molecule has 2 aliphatic carbocycles. The van der Waals surface area contributed by atoms with E-state index in [9.17, 15) is 9.90 Å². The standard InChI is InChI=1S/C24H34O3/c1-23(2,3)19-13-16(14-20(21(19)25)24(4,5)6)9-10-27-22(26)18-12-15-7-8-17(18)11-15/h7-8,13-15,17-18,25H,9-12H2,1-6H3. The van der Waals surface area contributed by atoms with Crippen molar-refractivity contribution >= 4 is 5.97 Å². The Kier molecular flexibility index (Phi) is 5.18. The molecule has 0 aromatic heterocycles. The van der Waals surface area contributed by atoms with Crippen molar-refractivity contribution in [1.29, 1.82) is 0 Å². The zero-order chi connectivity index (χ0) is 20.0. The van der Waals surface area contributed by atoms with Crippen LogP contribution in [0.25, 0.3) is 0 Å². The van der Waals surface area contributed by atoms with Crippen molar-refractivity contribution in [1.82, 2.24) is 0 Å². The van der Waals surface area contributed by atoms with Gasteiger partial charge in [0.25, 0.3) is 0 Å². The van der Waals surface area contributed by atoms with Crippen molar-refractivity contribution in [3.8, 4) is 5.75 Å². The van der Waals surface area contributed by atoms with Crippen molar-refractivity contribution in [2.24, 2.45) is 17.8 Å². The molecule has 0 radical (unpaired) electrons. The lowest BCUT2D eigenvalue weighted by Crippen LogP contribution is -2.22. The highest BCUT2D eigenvalue weighted by molar-refractivity contribution is 5.74. The first-order valence-corrected chi connectivity index (χ1v) is 10.2. The van der Waals surface area contributed by atoms with E-state index in [0.29, 0.717) is 30.6 Å². The average Bonchev–Trinajstić information content (AvgIpc) is 3.17. The van der Waals surface area contributed by atoms with E-state index in [1.165, 1.54) is 0 Å². The van der Waals surface area contributed by atoms with Gasteiger partial charge in [-0.15, -0.1) is 0 Å². The summed E-state index contributed by atoms with van der Waals surface area (Å²) in [6.45, 7) is 13.1. The van der Waals surface area contributed by atoms with Crippen LogP contribution in [0.3, 0.4) is 0 Å². The molecule has 3 atom stereocenters. The predicted molar refractivity (Wildman–Crippen MR) is 109 cm³/mol. The predicted octanol–water partition coefficient (Wildman–Crippen LogP) is 5.29. The van der Waals surface area contributed by atoms with Gasteiger partial charge < -0.3 is 9.84 Å². The van der Waals surface area contributed by atoms with Crippen LogP contribution in [0.15, 0.2) is 24.3 Å². The van der Waals surface area contributed by atoms with Crippen molar-refractivity contribution in [3.05, 3.63) is 41.0 Å². The first-order chi connectivity index (χ1) is 12.5. The van der Waals surface area contributed by atoms with Gasteiger partial charge in [0.05, 0.1) is 12.5 Å². The summed E-state index contributed by atoms with van der Waals surface area (Å²) in [5, 5.41) is 10.8. The molecule has 3 nitrogen and oxygen atoms in total. The van der Waals surface area contributed by atoms with Gasteiger partial charge in [0.15, 0.2) is 0 Å². The summed E-state index contributed by atoms with van der Waals surface area (Å²) in [5.41, 5.74) is 2.73. The average molecular weight is 371 g/mol. The Labute approximate surface area is 163 Å². The highest BCUT2D eigenvalue weighted by Crippen LogP contribution is 2.44. The van der Waals surface area contributed by atoms with E-state index < -0.39 is 0 Å². The maximum atomic E-state index is 12.4. The Bertz CT molecular complexity index is 711. The zero-order valence-corrected chi connectivity index (χ0v) is 17.6. The summed E-state index contributed by atoms with van der Waals surface area (Å²) in [7, 11) is 0. The second-order valence-electron chi connectivity index (χ2n) is 10.3.